The first-order chi connectivity index (χ1) is 9.81. The maximum atomic E-state index is 10.9. The summed E-state index contributed by atoms with van der Waals surface area (Å²) in [4.78, 5) is 21.2. The second-order valence-electron chi connectivity index (χ2n) is 5.01. The Morgan fingerprint density at radius 1 is 1.24 bits per heavy atom. The summed E-state index contributed by atoms with van der Waals surface area (Å²) in [5, 5.41) is 0. The highest BCUT2D eigenvalue weighted by molar-refractivity contribution is 9.09. The van der Waals surface area contributed by atoms with Crippen LogP contribution in [0.5, 0.6) is 0 Å². The minimum atomic E-state index is -0.378. The second-order valence-corrected chi connectivity index (χ2v) is 6.12. The quantitative estimate of drug-likeness (QED) is 0.642. The van der Waals surface area contributed by atoms with Gasteiger partial charge >= 0.3 is 5.97 Å². The van der Waals surface area contributed by atoms with Crippen LogP contribution in [0.15, 0.2) is 24.3 Å². The van der Waals surface area contributed by atoms with Gasteiger partial charge < -0.3 is 10.5 Å². The highest BCUT2D eigenvalue weighted by atomic mass is 79.9. The lowest BCUT2D eigenvalue weighted by Crippen LogP contribution is -2.10. The molecule has 1 rings (SSSR count). The fraction of sp³-hybridized carbons (Fsp3) is 0.500. The maximum Gasteiger partial charge on any atom is 0.305 e. The monoisotopic (exact) mass is 357 g/mol. The SMILES string of the molecule is CC(C)CC(Br)c1ccc(C(N)=O)cc1.CCC(=O)OC. The zero-order valence-corrected chi connectivity index (χ0v) is 14.6. The summed E-state index contributed by atoms with van der Waals surface area (Å²) in [5.41, 5.74) is 6.92. The van der Waals surface area contributed by atoms with Crippen LogP contribution in [0.25, 0.3) is 0 Å². The average Bonchev–Trinajstić information content (AvgIpc) is 2.46. The van der Waals surface area contributed by atoms with E-state index in [-0.39, 0.29) is 11.9 Å². The molecule has 5 heteroatoms. The number of primary amides is 1. The molecule has 0 spiro atoms. The maximum absolute atomic E-state index is 10.9. The Bertz CT molecular complexity index is 437. The molecule has 21 heavy (non-hydrogen) atoms. The van der Waals surface area contributed by atoms with E-state index in [0.717, 1.165) is 6.42 Å². The zero-order chi connectivity index (χ0) is 16.4. The van der Waals surface area contributed by atoms with Crippen molar-refractivity contribution in [3.05, 3.63) is 35.4 Å². The Kier molecular flexibility index (Phi) is 9.71. The fourth-order valence-electron chi connectivity index (χ4n) is 1.55. The van der Waals surface area contributed by atoms with Gasteiger partial charge in [-0.3, -0.25) is 9.59 Å². The standard InChI is InChI=1S/C12H16BrNO.C4H8O2/c1-8(2)7-11(13)9-3-5-10(6-4-9)12(14)15;1-3-4(5)6-2/h3-6,8,11H,7H2,1-2H3,(H2,14,15);3H2,1-2H3. The van der Waals surface area contributed by atoms with E-state index in [0.29, 0.717) is 22.7 Å². The first kappa shape index (κ1) is 19.6. The predicted octanol–water partition coefficient (Wildman–Crippen LogP) is 3.84. The van der Waals surface area contributed by atoms with Crippen LogP contribution in [-0.4, -0.2) is 19.0 Å². The third kappa shape index (κ3) is 8.50. The van der Waals surface area contributed by atoms with Gasteiger partial charge in [-0.05, 0) is 30.0 Å². The Labute approximate surface area is 135 Å². The van der Waals surface area contributed by atoms with Gasteiger partial charge in [0.05, 0.1) is 7.11 Å². The summed E-state index contributed by atoms with van der Waals surface area (Å²) >= 11 is 3.63. The Morgan fingerprint density at radius 3 is 2.05 bits per heavy atom. The second kappa shape index (κ2) is 10.4. The van der Waals surface area contributed by atoms with E-state index in [4.69, 9.17) is 5.73 Å². The smallest absolute Gasteiger partial charge is 0.305 e. The Morgan fingerprint density at radius 2 is 1.76 bits per heavy atom. The summed E-state index contributed by atoms with van der Waals surface area (Å²) in [7, 11) is 1.38. The summed E-state index contributed by atoms with van der Waals surface area (Å²) in [6, 6.07) is 7.43. The van der Waals surface area contributed by atoms with Crippen LogP contribution < -0.4 is 5.73 Å². The van der Waals surface area contributed by atoms with Crippen LogP contribution in [0.2, 0.25) is 0 Å². The summed E-state index contributed by atoms with van der Waals surface area (Å²) in [6.45, 7) is 6.13. The molecule has 1 unspecified atom stereocenters. The molecule has 0 saturated heterocycles. The van der Waals surface area contributed by atoms with E-state index in [2.05, 4.69) is 34.5 Å². The molecule has 0 aliphatic heterocycles. The lowest BCUT2D eigenvalue weighted by atomic mass is 10.0. The highest BCUT2D eigenvalue weighted by Crippen LogP contribution is 2.29. The van der Waals surface area contributed by atoms with Crippen LogP contribution in [0.4, 0.5) is 0 Å². The molecule has 4 nitrogen and oxygen atoms in total. The molecule has 0 fully saturated rings. The predicted molar refractivity (Wildman–Crippen MR) is 88.4 cm³/mol. The minimum Gasteiger partial charge on any atom is -0.469 e. The average molecular weight is 358 g/mol. The molecule has 118 valence electrons. The number of methoxy groups -OCH3 is 1. The molecule has 1 amide bonds. The van der Waals surface area contributed by atoms with Gasteiger partial charge in [-0.2, -0.15) is 0 Å². The zero-order valence-electron chi connectivity index (χ0n) is 13.1. The van der Waals surface area contributed by atoms with Crippen molar-refractivity contribution in [1.29, 1.82) is 0 Å². The third-order valence-corrected chi connectivity index (χ3v) is 3.65. The van der Waals surface area contributed by atoms with Crippen LogP contribution >= 0.6 is 15.9 Å². The van der Waals surface area contributed by atoms with Crippen molar-refractivity contribution in [2.24, 2.45) is 11.7 Å². The molecule has 0 saturated carbocycles. The fourth-order valence-corrected chi connectivity index (χ4v) is 2.60. The van der Waals surface area contributed by atoms with E-state index in [9.17, 15) is 9.59 Å². The van der Waals surface area contributed by atoms with Crippen LogP contribution in [0.1, 0.15) is 54.4 Å². The van der Waals surface area contributed by atoms with Gasteiger partial charge in [0.15, 0.2) is 0 Å². The number of benzene rings is 1. The molecule has 1 atom stereocenters. The molecule has 0 aromatic heterocycles. The van der Waals surface area contributed by atoms with Crippen molar-refractivity contribution in [2.75, 3.05) is 7.11 Å². The van der Waals surface area contributed by atoms with E-state index >= 15 is 0 Å². The molecular formula is C16H24BrNO3. The molecule has 2 N–H and O–H groups in total. The van der Waals surface area contributed by atoms with Crippen molar-refractivity contribution in [3.63, 3.8) is 0 Å². The number of amides is 1. The molecular weight excluding hydrogens is 334 g/mol. The summed E-state index contributed by atoms with van der Waals surface area (Å²) < 4.78 is 4.26. The van der Waals surface area contributed by atoms with E-state index in [1.807, 2.05) is 12.1 Å². The van der Waals surface area contributed by atoms with Gasteiger partial charge in [-0.1, -0.05) is 48.8 Å². The number of nitrogens with two attached hydrogens (primary N) is 1. The van der Waals surface area contributed by atoms with Gasteiger partial charge in [-0.25, -0.2) is 0 Å². The number of hydrogen-bond donors (Lipinski definition) is 1. The first-order valence-electron chi connectivity index (χ1n) is 6.92. The number of alkyl halides is 1. The molecule has 0 bridgehead atoms. The summed E-state index contributed by atoms with van der Waals surface area (Å²) in [5.74, 6) is 0.108. The molecule has 0 aliphatic rings. The lowest BCUT2D eigenvalue weighted by molar-refractivity contribution is -0.140. The number of ether oxygens (including phenoxy) is 1. The van der Waals surface area contributed by atoms with Crippen LogP contribution in [0.3, 0.4) is 0 Å². The van der Waals surface area contributed by atoms with Crippen molar-refractivity contribution in [2.45, 2.75) is 38.4 Å². The van der Waals surface area contributed by atoms with Crippen molar-refractivity contribution in [1.82, 2.24) is 0 Å². The number of rotatable bonds is 5. The van der Waals surface area contributed by atoms with E-state index in [1.54, 1.807) is 19.1 Å². The van der Waals surface area contributed by atoms with E-state index in [1.165, 1.54) is 12.7 Å². The number of carbonyl (C=O) groups excluding carboxylic acids is 2. The molecule has 0 aliphatic carbocycles. The molecule has 0 heterocycles. The van der Waals surface area contributed by atoms with Crippen molar-refractivity contribution >= 4 is 27.8 Å². The molecule has 1 aromatic carbocycles. The summed E-state index contributed by atoms with van der Waals surface area (Å²) in [6.07, 6.45) is 1.55. The Hall–Kier alpha value is -1.36. The van der Waals surface area contributed by atoms with E-state index < -0.39 is 0 Å². The topological polar surface area (TPSA) is 69.4 Å². The minimum absolute atomic E-state index is 0.157. The largest absolute Gasteiger partial charge is 0.469 e. The van der Waals surface area contributed by atoms with Crippen LogP contribution in [0, 0.1) is 5.92 Å². The number of esters is 1. The van der Waals surface area contributed by atoms with Gasteiger partial charge in [-0.15, -0.1) is 0 Å². The van der Waals surface area contributed by atoms with Crippen LogP contribution in [-0.2, 0) is 9.53 Å². The van der Waals surface area contributed by atoms with Gasteiger partial charge in [0.1, 0.15) is 0 Å². The van der Waals surface area contributed by atoms with Gasteiger partial charge in [0, 0.05) is 16.8 Å². The molecule has 0 radical (unpaired) electrons. The molecule has 1 aromatic rings. The number of halogens is 1. The van der Waals surface area contributed by atoms with Gasteiger partial charge in [0.25, 0.3) is 0 Å². The van der Waals surface area contributed by atoms with Gasteiger partial charge in [0.2, 0.25) is 5.91 Å². The third-order valence-electron chi connectivity index (χ3n) is 2.75. The van der Waals surface area contributed by atoms with Crippen molar-refractivity contribution < 1.29 is 14.3 Å². The normalized spacial score (nSPS) is 11.3. The Balaban J connectivity index is 0.000000567. The highest BCUT2D eigenvalue weighted by Gasteiger charge is 2.10. The van der Waals surface area contributed by atoms with Crippen molar-refractivity contribution in [3.8, 4) is 0 Å². The number of carbonyl (C=O) groups is 2. The first-order valence-corrected chi connectivity index (χ1v) is 7.84. The number of hydrogen-bond acceptors (Lipinski definition) is 3. The lowest BCUT2D eigenvalue weighted by Gasteiger charge is -2.12.